The Labute approximate surface area is 184 Å². The molecule has 1 aliphatic heterocycles. The molecule has 0 bridgehead atoms. The second-order valence-electron chi connectivity index (χ2n) is 6.81. The van der Waals surface area contributed by atoms with Crippen LogP contribution in [0.2, 0.25) is 5.02 Å². The summed E-state index contributed by atoms with van der Waals surface area (Å²) in [6.07, 6.45) is -8.77. The highest BCUT2D eigenvalue weighted by Gasteiger charge is 2.52. The zero-order chi connectivity index (χ0) is 23.6. The van der Waals surface area contributed by atoms with Gasteiger partial charge >= 0.3 is 6.18 Å². The molecule has 1 saturated heterocycles. The summed E-state index contributed by atoms with van der Waals surface area (Å²) in [7, 11) is 0. The third-order valence-corrected chi connectivity index (χ3v) is 4.75. The zero-order valence-electron chi connectivity index (χ0n) is 16.4. The summed E-state index contributed by atoms with van der Waals surface area (Å²) >= 11 is 5.82. The first-order valence-electron chi connectivity index (χ1n) is 9.07. The van der Waals surface area contributed by atoms with Gasteiger partial charge in [-0.25, -0.2) is 0 Å². The minimum Gasteiger partial charge on any atom is -0.335 e. The number of nitro groups is 1. The molecule has 0 unspecified atom stereocenters. The molecule has 0 saturated carbocycles. The van der Waals surface area contributed by atoms with E-state index in [1.54, 1.807) is 0 Å². The lowest BCUT2D eigenvalue weighted by molar-refractivity contribution is -0.384. The molecule has 3 rings (SSSR count). The van der Waals surface area contributed by atoms with Crippen LogP contribution in [0, 0.1) is 10.1 Å². The maximum Gasteiger partial charge on any atom is 0.433 e. The number of rotatable bonds is 5. The van der Waals surface area contributed by atoms with Gasteiger partial charge in [-0.15, -0.1) is 0 Å². The molecule has 0 radical (unpaired) electrons. The number of carbonyl (C=O) groups is 2. The fourth-order valence-corrected chi connectivity index (χ4v) is 3.32. The molecule has 2 atom stereocenters. The second kappa shape index (κ2) is 9.01. The third kappa shape index (κ3) is 5.26. The van der Waals surface area contributed by atoms with Crippen LogP contribution in [0.3, 0.4) is 0 Å². The molecule has 32 heavy (non-hydrogen) atoms. The SMILES string of the molecule is CC(=O)Nc1ccc(NC(=O)[C@@H]2CN(c3ccc([N+](=O)[O-])c(Cl)c3)[C@@H](C(F)(F)F)O2)cc1. The Morgan fingerprint density at radius 3 is 2.25 bits per heavy atom. The molecular weight excluding hydrogens is 457 g/mol. The highest BCUT2D eigenvalue weighted by Crippen LogP contribution is 2.37. The van der Waals surface area contributed by atoms with Gasteiger partial charge in [0, 0.05) is 30.1 Å². The first-order valence-corrected chi connectivity index (χ1v) is 9.45. The minimum absolute atomic E-state index is 0.0853. The smallest absolute Gasteiger partial charge is 0.335 e. The quantitative estimate of drug-likeness (QED) is 0.503. The molecule has 1 heterocycles. The zero-order valence-corrected chi connectivity index (χ0v) is 17.1. The van der Waals surface area contributed by atoms with E-state index < -0.39 is 41.6 Å². The molecule has 13 heteroatoms. The molecule has 1 fully saturated rings. The summed E-state index contributed by atoms with van der Waals surface area (Å²) < 4.78 is 45.6. The van der Waals surface area contributed by atoms with Gasteiger partial charge in [0.05, 0.1) is 11.5 Å². The molecule has 170 valence electrons. The van der Waals surface area contributed by atoms with Crippen LogP contribution in [0.15, 0.2) is 42.5 Å². The Balaban J connectivity index is 1.77. The first-order chi connectivity index (χ1) is 15.0. The van der Waals surface area contributed by atoms with Crippen molar-refractivity contribution < 1.29 is 32.4 Å². The van der Waals surface area contributed by atoms with Crippen LogP contribution in [-0.4, -0.2) is 41.8 Å². The van der Waals surface area contributed by atoms with E-state index >= 15 is 0 Å². The Morgan fingerprint density at radius 2 is 1.75 bits per heavy atom. The number of benzene rings is 2. The van der Waals surface area contributed by atoms with E-state index in [9.17, 15) is 32.9 Å². The molecule has 0 aliphatic carbocycles. The van der Waals surface area contributed by atoms with Gasteiger partial charge in [0.2, 0.25) is 12.1 Å². The molecule has 2 amide bonds. The lowest BCUT2D eigenvalue weighted by Gasteiger charge is -2.26. The van der Waals surface area contributed by atoms with Crippen LogP contribution in [0.25, 0.3) is 0 Å². The summed E-state index contributed by atoms with van der Waals surface area (Å²) in [6, 6.07) is 9.05. The molecule has 1 aliphatic rings. The van der Waals surface area contributed by atoms with Gasteiger partial charge in [0.25, 0.3) is 11.6 Å². The van der Waals surface area contributed by atoms with Crippen LogP contribution >= 0.6 is 11.6 Å². The average Bonchev–Trinajstić information content (AvgIpc) is 3.15. The summed E-state index contributed by atoms with van der Waals surface area (Å²) in [5.74, 6) is -1.10. The monoisotopic (exact) mass is 472 g/mol. The molecule has 2 aromatic rings. The van der Waals surface area contributed by atoms with Crippen molar-refractivity contribution in [2.24, 2.45) is 0 Å². The van der Waals surface area contributed by atoms with E-state index in [-0.39, 0.29) is 22.3 Å². The second-order valence-corrected chi connectivity index (χ2v) is 7.22. The largest absolute Gasteiger partial charge is 0.433 e. The molecule has 2 aromatic carbocycles. The van der Waals surface area contributed by atoms with Crippen molar-refractivity contribution in [2.45, 2.75) is 25.4 Å². The van der Waals surface area contributed by atoms with Crippen molar-refractivity contribution in [3.05, 3.63) is 57.6 Å². The van der Waals surface area contributed by atoms with Gasteiger partial charge < -0.3 is 20.3 Å². The summed E-state index contributed by atoms with van der Waals surface area (Å²) in [6.45, 7) is 0.863. The number of hydrogen-bond acceptors (Lipinski definition) is 6. The fraction of sp³-hybridized carbons (Fsp3) is 0.263. The first kappa shape index (κ1) is 23.3. The number of nitro benzene ring substituents is 1. The van der Waals surface area contributed by atoms with Crippen LogP contribution in [0.5, 0.6) is 0 Å². The Bertz CT molecular complexity index is 1050. The van der Waals surface area contributed by atoms with Crippen molar-refractivity contribution in [1.82, 2.24) is 0 Å². The number of alkyl halides is 3. The lowest BCUT2D eigenvalue weighted by Crippen LogP contribution is -2.42. The topological polar surface area (TPSA) is 114 Å². The van der Waals surface area contributed by atoms with Crippen molar-refractivity contribution in [1.29, 1.82) is 0 Å². The Hall–Kier alpha value is -3.38. The Kier molecular flexibility index (Phi) is 6.55. The number of carbonyl (C=O) groups excluding carboxylic acids is 2. The normalized spacial score (nSPS) is 18.3. The third-order valence-electron chi connectivity index (χ3n) is 4.44. The van der Waals surface area contributed by atoms with Crippen molar-refractivity contribution in [2.75, 3.05) is 22.1 Å². The van der Waals surface area contributed by atoms with Crippen LogP contribution in [0.1, 0.15) is 6.92 Å². The van der Waals surface area contributed by atoms with Gasteiger partial charge in [0.15, 0.2) is 6.10 Å². The van der Waals surface area contributed by atoms with E-state index in [0.717, 1.165) is 23.1 Å². The number of nitrogens with one attached hydrogen (secondary N) is 2. The van der Waals surface area contributed by atoms with E-state index in [1.807, 2.05) is 0 Å². The lowest BCUT2D eigenvalue weighted by atomic mass is 10.2. The van der Waals surface area contributed by atoms with Gasteiger partial charge in [-0.1, -0.05) is 11.6 Å². The highest BCUT2D eigenvalue weighted by molar-refractivity contribution is 6.32. The maximum atomic E-state index is 13.5. The predicted molar refractivity (Wildman–Crippen MR) is 110 cm³/mol. The molecule has 2 N–H and O–H groups in total. The number of anilines is 3. The highest BCUT2D eigenvalue weighted by atomic mass is 35.5. The van der Waals surface area contributed by atoms with E-state index in [2.05, 4.69) is 10.6 Å². The average molecular weight is 473 g/mol. The van der Waals surface area contributed by atoms with Crippen molar-refractivity contribution in [3.8, 4) is 0 Å². The number of nitrogens with zero attached hydrogens (tertiary/aromatic N) is 2. The van der Waals surface area contributed by atoms with Crippen molar-refractivity contribution in [3.63, 3.8) is 0 Å². The van der Waals surface area contributed by atoms with E-state index in [0.29, 0.717) is 5.69 Å². The summed E-state index contributed by atoms with van der Waals surface area (Å²) in [5.41, 5.74) is 0.216. The van der Waals surface area contributed by atoms with Gasteiger partial charge in [-0.3, -0.25) is 19.7 Å². The van der Waals surface area contributed by atoms with Crippen LogP contribution in [-0.2, 0) is 14.3 Å². The molecular formula is C19H16ClF3N4O5. The number of amides is 2. The number of ether oxygens (including phenoxy) is 1. The number of hydrogen-bond donors (Lipinski definition) is 2. The van der Waals surface area contributed by atoms with E-state index in [1.165, 1.54) is 31.2 Å². The molecule has 0 spiro atoms. The Morgan fingerprint density at radius 1 is 1.16 bits per heavy atom. The molecule has 0 aromatic heterocycles. The van der Waals surface area contributed by atoms with Gasteiger partial charge in [-0.2, -0.15) is 13.2 Å². The fourth-order valence-electron chi connectivity index (χ4n) is 3.07. The maximum absolute atomic E-state index is 13.5. The summed E-state index contributed by atoms with van der Waals surface area (Å²) in [5, 5.41) is 15.5. The van der Waals surface area contributed by atoms with Crippen molar-refractivity contribution >= 4 is 46.2 Å². The van der Waals surface area contributed by atoms with E-state index in [4.69, 9.17) is 16.3 Å². The standard InChI is InChI=1S/C19H16ClF3N4O5/c1-10(28)24-11-2-4-12(5-3-11)25-17(29)16-9-26(18(32-16)19(21,22)23)13-6-7-15(27(30)31)14(20)8-13/h2-8,16,18H,9H2,1H3,(H,24,28)(H,25,29)/t16-,18+/m0/s1. The number of halogens is 4. The van der Waals surface area contributed by atoms with Gasteiger partial charge in [-0.05, 0) is 36.4 Å². The van der Waals surface area contributed by atoms with Crippen LogP contribution < -0.4 is 15.5 Å². The predicted octanol–water partition coefficient (Wildman–Crippen LogP) is 3.94. The molecule has 9 nitrogen and oxygen atoms in total. The van der Waals surface area contributed by atoms with Gasteiger partial charge in [0.1, 0.15) is 5.02 Å². The van der Waals surface area contributed by atoms with Crippen LogP contribution in [0.4, 0.5) is 35.9 Å². The minimum atomic E-state index is -4.84. The summed E-state index contributed by atoms with van der Waals surface area (Å²) in [4.78, 5) is 34.5.